The predicted molar refractivity (Wildman–Crippen MR) is 83.9 cm³/mol. The summed E-state index contributed by atoms with van der Waals surface area (Å²) < 4.78 is 5.69. The monoisotopic (exact) mass is 276 g/mol. The molecule has 0 saturated carbocycles. The predicted octanol–water partition coefficient (Wildman–Crippen LogP) is 2.80. The Bertz CT molecular complexity index is 425. The maximum atomic E-state index is 6.37. The van der Waals surface area contributed by atoms with Gasteiger partial charge in [-0.15, -0.1) is 0 Å². The first-order valence-corrected chi connectivity index (χ1v) is 7.76. The highest BCUT2D eigenvalue weighted by Gasteiger charge is 2.21. The summed E-state index contributed by atoms with van der Waals surface area (Å²) in [5.74, 6) is 0. The van der Waals surface area contributed by atoms with Gasteiger partial charge in [-0.3, -0.25) is 0 Å². The summed E-state index contributed by atoms with van der Waals surface area (Å²) >= 11 is 0. The highest BCUT2D eigenvalue weighted by Crippen LogP contribution is 2.19. The van der Waals surface area contributed by atoms with Gasteiger partial charge in [-0.05, 0) is 50.3 Å². The fourth-order valence-electron chi connectivity index (χ4n) is 2.87. The summed E-state index contributed by atoms with van der Waals surface area (Å²) in [5, 5.41) is 0. The van der Waals surface area contributed by atoms with E-state index in [1.54, 1.807) is 0 Å². The SMILES string of the molecule is CCOC1CCN(CC(N)c2ccc(C)c(C)c2)CC1. The molecule has 1 aromatic carbocycles. The maximum Gasteiger partial charge on any atom is 0.0599 e. The van der Waals surface area contributed by atoms with Crippen LogP contribution in [0.1, 0.15) is 42.5 Å². The quantitative estimate of drug-likeness (QED) is 0.898. The maximum absolute atomic E-state index is 6.37. The third kappa shape index (κ3) is 4.05. The van der Waals surface area contributed by atoms with Crippen LogP contribution in [0.25, 0.3) is 0 Å². The minimum atomic E-state index is 0.109. The Labute approximate surface area is 123 Å². The molecule has 1 atom stereocenters. The van der Waals surface area contributed by atoms with Crippen LogP contribution in [0.5, 0.6) is 0 Å². The van der Waals surface area contributed by atoms with Gasteiger partial charge in [0, 0.05) is 32.3 Å². The summed E-state index contributed by atoms with van der Waals surface area (Å²) in [7, 11) is 0. The van der Waals surface area contributed by atoms with Crippen molar-refractivity contribution in [3.63, 3.8) is 0 Å². The van der Waals surface area contributed by atoms with Gasteiger partial charge in [-0.25, -0.2) is 0 Å². The zero-order valence-electron chi connectivity index (χ0n) is 13.1. The van der Waals surface area contributed by atoms with Gasteiger partial charge < -0.3 is 15.4 Å². The van der Waals surface area contributed by atoms with E-state index >= 15 is 0 Å². The van der Waals surface area contributed by atoms with Crippen LogP contribution < -0.4 is 5.73 Å². The summed E-state index contributed by atoms with van der Waals surface area (Å²) in [6.07, 6.45) is 2.72. The van der Waals surface area contributed by atoms with E-state index in [9.17, 15) is 0 Å². The first-order valence-electron chi connectivity index (χ1n) is 7.76. The lowest BCUT2D eigenvalue weighted by Crippen LogP contribution is -2.40. The second-order valence-corrected chi connectivity index (χ2v) is 5.91. The minimum Gasteiger partial charge on any atom is -0.378 e. The third-order valence-corrected chi connectivity index (χ3v) is 4.35. The van der Waals surface area contributed by atoms with Crippen LogP contribution >= 0.6 is 0 Å². The largest absolute Gasteiger partial charge is 0.378 e. The molecule has 1 saturated heterocycles. The molecule has 1 heterocycles. The van der Waals surface area contributed by atoms with Gasteiger partial charge in [-0.1, -0.05) is 18.2 Å². The van der Waals surface area contributed by atoms with Gasteiger partial charge in [0.25, 0.3) is 0 Å². The molecule has 3 nitrogen and oxygen atoms in total. The minimum absolute atomic E-state index is 0.109. The van der Waals surface area contributed by atoms with Gasteiger partial charge in [0.15, 0.2) is 0 Å². The number of hydrogen-bond acceptors (Lipinski definition) is 3. The Hall–Kier alpha value is -0.900. The summed E-state index contributed by atoms with van der Waals surface area (Å²) in [4.78, 5) is 2.47. The van der Waals surface area contributed by atoms with Crippen molar-refractivity contribution in [2.24, 2.45) is 5.73 Å². The van der Waals surface area contributed by atoms with Crippen LogP contribution in [0.2, 0.25) is 0 Å². The third-order valence-electron chi connectivity index (χ3n) is 4.35. The van der Waals surface area contributed by atoms with E-state index in [1.807, 2.05) is 0 Å². The van der Waals surface area contributed by atoms with Crippen LogP contribution in [0.15, 0.2) is 18.2 Å². The molecule has 112 valence electrons. The van der Waals surface area contributed by atoms with Crippen molar-refractivity contribution in [3.8, 4) is 0 Å². The van der Waals surface area contributed by atoms with Gasteiger partial charge in [0.2, 0.25) is 0 Å². The molecule has 0 aromatic heterocycles. The van der Waals surface area contributed by atoms with E-state index in [0.29, 0.717) is 6.10 Å². The van der Waals surface area contributed by atoms with Gasteiger partial charge >= 0.3 is 0 Å². The molecule has 0 amide bonds. The summed E-state index contributed by atoms with van der Waals surface area (Å²) in [6, 6.07) is 6.68. The normalized spacial score (nSPS) is 19.2. The molecule has 0 radical (unpaired) electrons. The molecule has 2 rings (SSSR count). The number of nitrogens with zero attached hydrogens (tertiary/aromatic N) is 1. The first kappa shape index (κ1) is 15.5. The van der Waals surface area contributed by atoms with Crippen LogP contribution in [-0.2, 0) is 4.74 Å². The number of piperidine rings is 1. The van der Waals surface area contributed by atoms with Crippen molar-refractivity contribution in [2.45, 2.75) is 45.8 Å². The fraction of sp³-hybridized carbons (Fsp3) is 0.647. The Kier molecular flexibility index (Phi) is 5.58. The Morgan fingerprint density at radius 2 is 1.95 bits per heavy atom. The summed E-state index contributed by atoms with van der Waals surface area (Å²) in [6.45, 7) is 10.3. The molecule has 1 aliphatic heterocycles. The number of ether oxygens (including phenoxy) is 1. The van der Waals surface area contributed by atoms with Crippen LogP contribution in [-0.4, -0.2) is 37.2 Å². The number of rotatable bonds is 5. The van der Waals surface area contributed by atoms with E-state index in [-0.39, 0.29) is 6.04 Å². The molecule has 0 aliphatic carbocycles. The average Bonchev–Trinajstić information content (AvgIpc) is 2.44. The Balaban J connectivity index is 1.85. The number of aryl methyl sites for hydroxylation is 2. The topological polar surface area (TPSA) is 38.5 Å². The van der Waals surface area contributed by atoms with Crippen LogP contribution in [0.4, 0.5) is 0 Å². The molecule has 0 bridgehead atoms. The van der Waals surface area contributed by atoms with Crippen molar-refractivity contribution in [1.29, 1.82) is 0 Å². The smallest absolute Gasteiger partial charge is 0.0599 e. The second kappa shape index (κ2) is 7.21. The zero-order chi connectivity index (χ0) is 14.5. The highest BCUT2D eigenvalue weighted by molar-refractivity contribution is 5.31. The van der Waals surface area contributed by atoms with Crippen molar-refractivity contribution in [2.75, 3.05) is 26.2 Å². The zero-order valence-corrected chi connectivity index (χ0v) is 13.1. The fourth-order valence-corrected chi connectivity index (χ4v) is 2.87. The first-order chi connectivity index (χ1) is 9.60. The van der Waals surface area contributed by atoms with E-state index in [4.69, 9.17) is 10.5 Å². The van der Waals surface area contributed by atoms with Crippen molar-refractivity contribution in [3.05, 3.63) is 34.9 Å². The van der Waals surface area contributed by atoms with Gasteiger partial charge in [0.1, 0.15) is 0 Å². The lowest BCUT2D eigenvalue weighted by molar-refractivity contribution is 0.0131. The Morgan fingerprint density at radius 1 is 1.25 bits per heavy atom. The standard InChI is InChI=1S/C17H28N2O/c1-4-20-16-7-9-19(10-8-16)12-17(18)15-6-5-13(2)14(3)11-15/h5-6,11,16-17H,4,7-10,12,18H2,1-3H3. The molecular formula is C17H28N2O. The van der Waals surface area contributed by atoms with E-state index in [1.165, 1.54) is 16.7 Å². The molecule has 0 spiro atoms. The molecule has 1 fully saturated rings. The van der Waals surface area contributed by atoms with Crippen LogP contribution in [0.3, 0.4) is 0 Å². The molecular weight excluding hydrogens is 248 g/mol. The van der Waals surface area contributed by atoms with Crippen LogP contribution in [0, 0.1) is 13.8 Å². The summed E-state index contributed by atoms with van der Waals surface area (Å²) in [5.41, 5.74) is 10.3. The average molecular weight is 276 g/mol. The molecule has 1 aliphatic rings. The lowest BCUT2D eigenvalue weighted by atomic mass is 10.00. The molecule has 2 N–H and O–H groups in total. The second-order valence-electron chi connectivity index (χ2n) is 5.91. The molecule has 3 heteroatoms. The molecule has 20 heavy (non-hydrogen) atoms. The van der Waals surface area contributed by atoms with E-state index < -0.39 is 0 Å². The highest BCUT2D eigenvalue weighted by atomic mass is 16.5. The van der Waals surface area contributed by atoms with E-state index in [2.05, 4.69) is 43.9 Å². The number of benzene rings is 1. The lowest BCUT2D eigenvalue weighted by Gasteiger charge is -2.33. The van der Waals surface area contributed by atoms with Crippen molar-refractivity contribution < 1.29 is 4.74 Å². The van der Waals surface area contributed by atoms with Crippen molar-refractivity contribution >= 4 is 0 Å². The molecule has 1 unspecified atom stereocenters. The number of likely N-dealkylation sites (tertiary alicyclic amines) is 1. The van der Waals surface area contributed by atoms with Crippen molar-refractivity contribution in [1.82, 2.24) is 4.90 Å². The molecule has 1 aromatic rings. The number of nitrogens with two attached hydrogens (primary N) is 1. The van der Waals surface area contributed by atoms with Gasteiger partial charge in [0.05, 0.1) is 6.10 Å². The van der Waals surface area contributed by atoms with Gasteiger partial charge in [-0.2, -0.15) is 0 Å². The van der Waals surface area contributed by atoms with E-state index in [0.717, 1.165) is 39.1 Å². The number of hydrogen-bond donors (Lipinski definition) is 1. The Morgan fingerprint density at radius 3 is 2.55 bits per heavy atom.